The molecule has 0 bridgehead atoms. The highest BCUT2D eigenvalue weighted by molar-refractivity contribution is 5.74. The van der Waals surface area contributed by atoms with E-state index in [4.69, 9.17) is 23.7 Å². The smallest absolute Gasteiger partial charge is 0.335 e. The van der Waals surface area contributed by atoms with Crippen molar-refractivity contribution in [2.45, 2.75) is 276 Å². The fraction of sp³-hybridized carbons (Fsp3) is 0.616. The first-order chi connectivity index (χ1) is 41.6. The fourth-order valence-electron chi connectivity index (χ4n) is 8.94. The number of carbonyl (C=O) groups excluding carboxylic acids is 3. The van der Waals surface area contributed by atoms with Crippen molar-refractivity contribution in [3.8, 4) is 0 Å². The molecule has 12 heteroatoms. The Morgan fingerprint density at radius 2 is 0.765 bits per heavy atom. The minimum Gasteiger partial charge on any atom is -0.479 e. The second kappa shape index (κ2) is 59.0. The van der Waals surface area contributed by atoms with Gasteiger partial charge in [0.15, 0.2) is 24.6 Å². The topological polar surface area (TPSA) is 175 Å². The Kier molecular flexibility index (Phi) is 53.8. The lowest BCUT2D eigenvalue weighted by atomic mass is 9.98. The van der Waals surface area contributed by atoms with Gasteiger partial charge in [0.25, 0.3) is 0 Å². The molecule has 85 heavy (non-hydrogen) atoms. The van der Waals surface area contributed by atoms with Crippen LogP contribution in [0.4, 0.5) is 0 Å². The summed E-state index contributed by atoms with van der Waals surface area (Å²) in [5.74, 6) is -3.27. The fourth-order valence-corrected chi connectivity index (χ4v) is 8.94. The standard InChI is InChI=1S/C73H114O12/c1-4-7-10-13-16-19-22-25-28-31-33-36-38-41-44-47-50-53-56-59-65(74)81-62-64(83-66(75)60-57-54-51-48-45-42-39-35-30-27-24-21-18-15-12-9-6-3)63-82-73-71(69(78)68(77)70(85-73)72(79)80)84-67(76)61-58-55-52-49-46-43-40-37-34-32-29-26-23-20-17-14-11-8-5-2/h7-8,10-11,16-21,25-30,33-34,36-37,43,46,52,55,64,68-71,73,77-78H,4-6,9,12-15,22-24,31-32,35,38-42,44-45,47-51,53-54,56-63H2,1-3H3,(H,79,80)/b10-7-,11-8-,19-16-,20-17-,21-18-,28-25-,29-26-,30-27-,36-33-,37-34-,46-43-,55-52-. The Morgan fingerprint density at radius 1 is 0.400 bits per heavy atom. The number of aliphatic hydroxyl groups is 2. The molecule has 0 saturated carbocycles. The SMILES string of the molecule is CC/C=C\C/C=C\C/C=C\C/C=C\C/C=C\C/C=C\CCC(=O)OC1C(OCC(COC(=O)CCCCCCCC/C=C\C/C=C\C/C=C\C/C=C\CC)OC(=O)CCCCCCCCC/C=C\C/C=C\CCCCC)OC(C(=O)O)C(O)C1O. The van der Waals surface area contributed by atoms with Crippen LogP contribution in [0.2, 0.25) is 0 Å². The van der Waals surface area contributed by atoms with E-state index >= 15 is 0 Å². The molecule has 1 heterocycles. The third-order valence-electron chi connectivity index (χ3n) is 13.9. The zero-order valence-electron chi connectivity index (χ0n) is 52.8. The normalized spacial score (nSPS) is 18.4. The number of rotatable bonds is 54. The molecule has 0 aromatic carbocycles. The summed E-state index contributed by atoms with van der Waals surface area (Å²) in [5, 5.41) is 31.6. The van der Waals surface area contributed by atoms with Crippen LogP contribution >= 0.6 is 0 Å². The predicted molar refractivity (Wildman–Crippen MR) is 349 cm³/mol. The number of hydrogen-bond donors (Lipinski definition) is 3. The number of hydrogen-bond acceptors (Lipinski definition) is 11. The number of carboxylic acids is 1. The molecule has 478 valence electrons. The highest BCUT2D eigenvalue weighted by Crippen LogP contribution is 2.26. The molecule has 1 fully saturated rings. The largest absolute Gasteiger partial charge is 0.479 e. The van der Waals surface area contributed by atoms with Crippen molar-refractivity contribution in [1.82, 2.24) is 0 Å². The molecule has 0 aromatic rings. The maximum atomic E-state index is 13.2. The minimum atomic E-state index is -1.94. The summed E-state index contributed by atoms with van der Waals surface area (Å²) in [5.41, 5.74) is 0. The van der Waals surface area contributed by atoms with Crippen LogP contribution in [-0.4, -0.2) is 89.2 Å². The summed E-state index contributed by atoms with van der Waals surface area (Å²) in [7, 11) is 0. The summed E-state index contributed by atoms with van der Waals surface area (Å²) >= 11 is 0. The Morgan fingerprint density at radius 3 is 1.18 bits per heavy atom. The van der Waals surface area contributed by atoms with E-state index in [9.17, 15) is 34.5 Å². The average molecular weight is 1180 g/mol. The van der Waals surface area contributed by atoms with E-state index in [1.54, 1.807) is 0 Å². The van der Waals surface area contributed by atoms with Crippen LogP contribution in [0.25, 0.3) is 0 Å². The summed E-state index contributed by atoms with van der Waals surface area (Å²) in [6.07, 6.45) is 72.3. The summed E-state index contributed by atoms with van der Waals surface area (Å²) in [4.78, 5) is 51.4. The summed E-state index contributed by atoms with van der Waals surface area (Å²) in [6.45, 7) is 5.70. The van der Waals surface area contributed by atoms with Gasteiger partial charge in [-0.05, 0) is 128 Å². The highest BCUT2D eigenvalue weighted by atomic mass is 16.7. The average Bonchev–Trinajstić information content (AvgIpc) is 2.79. The predicted octanol–water partition coefficient (Wildman–Crippen LogP) is 17.9. The number of carboxylic acid groups (broad SMARTS) is 1. The number of esters is 3. The van der Waals surface area contributed by atoms with Gasteiger partial charge in [-0.15, -0.1) is 0 Å². The Balaban J connectivity index is 2.73. The molecule has 1 aliphatic heterocycles. The van der Waals surface area contributed by atoms with Crippen molar-refractivity contribution in [2.75, 3.05) is 13.2 Å². The van der Waals surface area contributed by atoms with Gasteiger partial charge in [0.05, 0.1) is 6.61 Å². The van der Waals surface area contributed by atoms with Crippen molar-refractivity contribution >= 4 is 23.9 Å². The van der Waals surface area contributed by atoms with E-state index in [1.807, 2.05) is 18.2 Å². The van der Waals surface area contributed by atoms with Gasteiger partial charge in [0, 0.05) is 19.3 Å². The molecule has 12 nitrogen and oxygen atoms in total. The summed E-state index contributed by atoms with van der Waals surface area (Å²) < 4.78 is 28.4. The quantitative estimate of drug-likeness (QED) is 0.0228. The molecule has 3 N–H and O–H groups in total. The number of aliphatic carboxylic acids is 1. The number of carbonyl (C=O) groups is 4. The van der Waals surface area contributed by atoms with E-state index < -0.39 is 67.3 Å². The first kappa shape index (κ1) is 77.6. The minimum absolute atomic E-state index is 0.0748. The van der Waals surface area contributed by atoms with Gasteiger partial charge in [-0.25, -0.2) is 4.79 Å². The monoisotopic (exact) mass is 1180 g/mol. The Bertz CT molecular complexity index is 2030. The van der Waals surface area contributed by atoms with E-state index in [2.05, 4.69) is 148 Å². The van der Waals surface area contributed by atoms with E-state index in [0.29, 0.717) is 25.7 Å². The summed E-state index contributed by atoms with van der Waals surface area (Å²) in [6, 6.07) is 0. The van der Waals surface area contributed by atoms with Crippen molar-refractivity contribution in [3.05, 3.63) is 146 Å². The van der Waals surface area contributed by atoms with Crippen LogP contribution < -0.4 is 0 Å². The van der Waals surface area contributed by atoms with Crippen molar-refractivity contribution in [1.29, 1.82) is 0 Å². The van der Waals surface area contributed by atoms with Crippen LogP contribution in [0.3, 0.4) is 0 Å². The van der Waals surface area contributed by atoms with Crippen molar-refractivity contribution in [2.24, 2.45) is 0 Å². The second-order valence-corrected chi connectivity index (χ2v) is 21.6. The second-order valence-electron chi connectivity index (χ2n) is 21.6. The van der Waals surface area contributed by atoms with Gasteiger partial charge >= 0.3 is 23.9 Å². The lowest BCUT2D eigenvalue weighted by Crippen LogP contribution is -2.61. The van der Waals surface area contributed by atoms with Gasteiger partial charge in [-0.2, -0.15) is 0 Å². The Labute approximate surface area is 514 Å². The third-order valence-corrected chi connectivity index (χ3v) is 13.9. The van der Waals surface area contributed by atoms with Crippen LogP contribution in [0.1, 0.15) is 239 Å². The molecular weight excluding hydrogens is 1070 g/mol. The zero-order valence-corrected chi connectivity index (χ0v) is 52.8. The van der Waals surface area contributed by atoms with Crippen LogP contribution in [0.15, 0.2) is 146 Å². The van der Waals surface area contributed by atoms with Gasteiger partial charge in [-0.1, -0.05) is 237 Å². The van der Waals surface area contributed by atoms with Gasteiger partial charge in [-0.3, -0.25) is 14.4 Å². The highest BCUT2D eigenvalue weighted by Gasteiger charge is 2.50. The lowest BCUT2D eigenvalue weighted by Gasteiger charge is -2.40. The molecule has 1 aliphatic rings. The maximum Gasteiger partial charge on any atom is 0.335 e. The molecule has 6 atom stereocenters. The van der Waals surface area contributed by atoms with Gasteiger partial charge < -0.3 is 39.0 Å². The molecule has 0 amide bonds. The van der Waals surface area contributed by atoms with Crippen LogP contribution in [-0.2, 0) is 42.9 Å². The number of aliphatic hydroxyl groups excluding tert-OH is 2. The molecule has 0 aliphatic carbocycles. The molecular formula is C73H114O12. The van der Waals surface area contributed by atoms with Gasteiger partial charge in [0.2, 0.25) is 0 Å². The zero-order chi connectivity index (χ0) is 61.7. The van der Waals surface area contributed by atoms with E-state index in [1.165, 1.54) is 19.3 Å². The van der Waals surface area contributed by atoms with Gasteiger partial charge in [0.1, 0.15) is 18.8 Å². The number of ether oxygens (including phenoxy) is 5. The first-order valence-electron chi connectivity index (χ1n) is 32.8. The molecule has 6 unspecified atom stereocenters. The maximum absolute atomic E-state index is 13.2. The number of allylic oxidation sites excluding steroid dienone is 24. The third kappa shape index (κ3) is 48.4. The Hall–Kier alpha value is -5.40. The molecule has 1 rings (SSSR count). The van der Waals surface area contributed by atoms with Crippen LogP contribution in [0.5, 0.6) is 0 Å². The molecule has 0 aromatic heterocycles. The van der Waals surface area contributed by atoms with Crippen LogP contribution in [0, 0.1) is 0 Å². The first-order valence-corrected chi connectivity index (χ1v) is 32.8. The molecule has 1 saturated heterocycles. The number of unbranched alkanes of at least 4 members (excludes halogenated alkanes) is 16. The van der Waals surface area contributed by atoms with E-state index in [0.717, 1.165) is 154 Å². The van der Waals surface area contributed by atoms with Crippen molar-refractivity contribution < 1.29 is 58.2 Å². The molecule has 0 radical (unpaired) electrons. The lowest BCUT2D eigenvalue weighted by molar-refractivity contribution is -0.301. The molecule has 0 spiro atoms. The van der Waals surface area contributed by atoms with Crippen molar-refractivity contribution in [3.63, 3.8) is 0 Å². The van der Waals surface area contributed by atoms with E-state index in [-0.39, 0.29) is 25.9 Å².